The fourth-order valence-corrected chi connectivity index (χ4v) is 1.18. The molecule has 5 heteroatoms. The smallest absolute Gasteiger partial charge is 0.240 e. The van der Waals surface area contributed by atoms with E-state index in [1.54, 1.807) is 24.3 Å². The first-order chi connectivity index (χ1) is 7.22. The molecule has 0 aliphatic heterocycles. The highest BCUT2D eigenvalue weighted by molar-refractivity contribution is 6.30. The van der Waals surface area contributed by atoms with Crippen molar-refractivity contribution < 1.29 is 9.63 Å². The summed E-state index contributed by atoms with van der Waals surface area (Å²) in [6, 6.07) is 6.97. The second kappa shape index (κ2) is 6.40. The Bertz CT molecular complexity index is 331. The fraction of sp³-hybridized carbons (Fsp3) is 0.300. The second-order valence-corrected chi connectivity index (χ2v) is 3.25. The molecular weight excluding hydrogens is 216 g/mol. The van der Waals surface area contributed by atoms with Crippen LogP contribution in [-0.2, 0) is 9.63 Å². The van der Waals surface area contributed by atoms with Gasteiger partial charge in [-0.3, -0.25) is 4.79 Å². The molecule has 0 fully saturated rings. The van der Waals surface area contributed by atoms with Crippen LogP contribution in [-0.4, -0.2) is 19.1 Å². The van der Waals surface area contributed by atoms with Gasteiger partial charge in [0.15, 0.2) is 0 Å². The van der Waals surface area contributed by atoms with Crippen LogP contribution in [0.2, 0.25) is 5.02 Å². The maximum atomic E-state index is 11.3. The van der Waals surface area contributed by atoms with Crippen LogP contribution in [0, 0.1) is 0 Å². The van der Waals surface area contributed by atoms with Gasteiger partial charge < -0.3 is 10.2 Å². The van der Waals surface area contributed by atoms with Crippen molar-refractivity contribution in [2.75, 3.05) is 18.5 Å². The summed E-state index contributed by atoms with van der Waals surface area (Å²) in [6.45, 7) is 2.46. The predicted octanol–water partition coefficient (Wildman–Crippen LogP) is 1.82. The number of carbonyl (C=O) groups is 1. The van der Waals surface area contributed by atoms with Crippen LogP contribution in [0.4, 0.5) is 5.69 Å². The van der Waals surface area contributed by atoms with Crippen molar-refractivity contribution >= 4 is 23.2 Å². The summed E-state index contributed by atoms with van der Waals surface area (Å²) in [6.07, 6.45) is 0. The van der Waals surface area contributed by atoms with Crippen molar-refractivity contribution in [1.82, 2.24) is 5.48 Å². The largest absolute Gasteiger partial charge is 0.325 e. The molecule has 0 spiro atoms. The van der Waals surface area contributed by atoms with Gasteiger partial charge in [-0.25, -0.2) is 0 Å². The van der Waals surface area contributed by atoms with E-state index in [4.69, 9.17) is 16.4 Å². The zero-order valence-electron chi connectivity index (χ0n) is 8.42. The lowest BCUT2D eigenvalue weighted by Gasteiger charge is -2.06. The first-order valence-corrected chi connectivity index (χ1v) is 5.00. The number of carbonyl (C=O) groups excluding carboxylic acids is 1. The normalized spacial score (nSPS) is 10.0. The molecule has 4 nitrogen and oxygen atoms in total. The molecule has 0 aliphatic rings. The molecule has 0 atom stereocenters. The Morgan fingerprint density at radius 3 is 3.00 bits per heavy atom. The highest BCUT2D eigenvalue weighted by Gasteiger charge is 2.01. The summed E-state index contributed by atoms with van der Waals surface area (Å²) in [5, 5.41) is 3.26. The van der Waals surface area contributed by atoms with E-state index in [0.29, 0.717) is 17.3 Å². The molecule has 82 valence electrons. The molecule has 0 saturated carbocycles. The molecule has 0 saturated heterocycles. The quantitative estimate of drug-likeness (QED) is 0.597. The summed E-state index contributed by atoms with van der Waals surface area (Å²) in [7, 11) is 0. The molecule has 1 amide bonds. The number of benzene rings is 1. The number of rotatable bonds is 5. The van der Waals surface area contributed by atoms with Crippen LogP contribution in [0.15, 0.2) is 24.3 Å². The zero-order chi connectivity index (χ0) is 11.1. The van der Waals surface area contributed by atoms with Crippen molar-refractivity contribution in [3.05, 3.63) is 29.3 Å². The molecule has 0 bridgehead atoms. The third-order valence-electron chi connectivity index (χ3n) is 1.59. The van der Waals surface area contributed by atoms with Gasteiger partial charge in [0, 0.05) is 10.7 Å². The number of amides is 1. The molecule has 0 radical (unpaired) electrons. The van der Waals surface area contributed by atoms with E-state index in [1.165, 1.54) is 0 Å². The topological polar surface area (TPSA) is 50.4 Å². The van der Waals surface area contributed by atoms with E-state index >= 15 is 0 Å². The van der Waals surface area contributed by atoms with E-state index in [2.05, 4.69) is 10.8 Å². The molecule has 0 aromatic heterocycles. The Balaban J connectivity index is 2.37. The summed E-state index contributed by atoms with van der Waals surface area (Å²) in [5.41, 5.74) is 3.20. The van der Waals surface area contributed by atoms with Gasteiger partial charge in [-0.2, -0.15) is 5.48 Å². The Morgan fingerprint density at radius 1 is 1.53 bits per heavy atom. The zero-order valence-corrected chi connectivity index (χ0v) is 9.17. The molecular formula is C10H13ClN2O2. The molecule has 2 N–H and O–H groups in total. The Kier molecular flexibility index (Phi) is 5.10. The van der Waals surface area contributed by atoms with Gasteiger partial charge in [-0.1, -0.05) is 17.7 Å². The van der Waals surface area contributed by atoms with Crippen molar-refractivity contribution in [3.8, 4) is 0 Å². The van der Waals surface area contributed by atoms with Crippen LogP contribution in [0.3, 0.4) is 0 Å². The summed E-state index contributed by atoms with van der Waals surface area (Å²) < 4.78 is 0. The lowest BCUT2D eigenvalue weighted by Crippen LogP contribution is -2.28. The summed E-state index contributed by atoms with van der Waals surface area (Å²) in [5.74, 6) is -0.175. The van der Waals surface area contributed by atoms with Crippen LogP contribution in [0.25, 0.3) is 0 Å². The van der Waals surface area contributed by atoms with Crippen LogP contribution in [0.1, 0.15) is 6.92 Å². The SMILES string of the molecule is CCONCC(=O)Nc1cccc(Cl)c1. The minimum absolute atomic E-state index is 0.111. The van der Waals surface area contributed by atoms with E-state index in [-0.39, 0.29) is 12.5 Å². The molecule has 15 heavy (non-hydrogen) atoms. The van der Waals surface area contributed by atoms with Gasteiger partial charge in [0.2, 0.25) is 5.91 Å². The number of anilines is 1. The van der Waals surface area contributed by atoms with Crippen LogP contribution >= 0.6 is 11.6 Å². The maximum Gasteiger partial charge on any atom is 0.240 e. The maximum absolute atomic E-state index is 11.3. The molecule has 1 aromatic carbocycles. The van der Waals surface area contributed by atoms with Crippen molar-refractivity contribution in [2.45, 2.75) is 6.92 Å². The van der Waals surface area contributed by atoms with E-state index < -0.39 is 0 Å². The highest BCUT2D eigenvalue weighted by Crippen LogP contribution is 2.14. The van der Waals surface area contributed by atoms with Crippen LogP contribution < -0.4 is 10.8 Å². The highest BCUT2D eigenvalue weighted by atomic mass is 35.5. The number of hydroxylamine groups is 1. The van der Waals surface area contributed by atoms with Gasteiger partial charge in [0.1, 0.15) is 6.54 Å². The first kappa shape index (κ1) is 12.0. The number of hydrogen-bond acceptors (Lipinski definition) is 3. The van der Waals surface area contributed by atoms with E-state index in [0.717, 1.165) is 0 Å². The molecule has 1 rings (SSSR count). The third-order valence-corrected chi connectivity index (χ3v) is 1.82. The Labute approximate surface area is 93.5 Å². The average molecular weight is 229 g/mol. The summed E-state index contributed by atoms with van der Waals surface area (Å²) in [4.78, 5) is 16.1. The van der Waals surface area contributed by atoms with Gasteiger partial charge in [-0.05, 0) is 25.1 Å². The van der Waals surface area contributed by atoms with E-state index in [1.807, 2.05) is 6.92 Å². The lowest BCUT2D eigenvalue weighted by atomic mass is 10.3. The fourth-order valence-electron chi connectivity index (χ4n) is 0.990. The molecule has 0 unspecified atom stereocenters. The van der Waals surface area contributed by atoms with Gasteiger partial charge in [-0.15, -0.1) is 0 Å². The monoisotopic (exact) mass is 228 g/mol. The van der Waals surface area contributed by atoms with Gasteiger partial charge >= 0.3 is 0 Å². The molecule has 0 aliphatic carbocycles. The summed E-state index contributed by atoms with van der Waals surface area (Å²) >= 11 is 5.76. The number of halogens is 1. The first-order valence-electron chi connectivity index (χ1n) is 4.62. The lowest BCUT2D eigenvalue weighted by molar-refractivity contribution is -0.117. The molecule has 1 aromatic rings. The number of hydrogen-bond donors (Lipinski definition) is 2. The Hall–Kier alpha value is -1.10. The second-order valence-electron chi connectivity index (χ2n) is 2.81. The van der Waals surface area contributed by atoms with Crippen LogP contribution in [0.5, 0.6) is 0 Å². The standard InChI is InChI=1S/C10H13ClN2O2/c1-2-15-12-7-10(14)13-9-5-3-4-8(11)6-9/h3-6,12H,2,7H2,1H3,(H,13,14). The van der Waals surface area contributed by atoms with Crippen molar-refractivity contribution in [1.29, 1.82) is 0 Å². The molecule has 0 heterocycles. The van der Waals surface area contributed by atoms with Gasteiger partial charge in [0.25, 0.3) is 0 Å². The minimum Gasteiger partial charge on any atom is -0.325 e. The van der Waals surface area contributed by atoms with Gasteiger partial charge in [0.05, 0.1) is 6.61 Å². The minimum atomic E-state index is -0.175. The number of nitrogens with one attached hydrogen (secondary N) is 2. The van der Waals surface area contributed by atoms with Crippen molar-refractivity contribution in [2.24, 2.45) is 0 Å². The third kappa shape index (κ3) is 4.78. The predicted molar refractivity (Wildman–Crippen MR) is 59.7 cm³/mol. The van der Waals surface area contributed by atoms with E-state index in [9.17, 15) is 4.79 Å². The Morgan fingerprint density at radius 2 is 2.33 bits per heavy atom. The van der Waals surface area contributed by atoms with Crippen molar-refractivity contribution in [3.63, 3.8) is 0 Å². The average Bonchev–Trinajstić information content (AvgIpc) is 2.18.